The highest BCUT2D eigenvalue weighted by atomic mass is 16.5. The van der Waals surface area contributed by atoms with Crippen LogP contribution in [0.1, 0.15) is 54.9 Å². The Morgan fingerprint density at radius 1 is 1.10 bits per heavy atom. The van der Waals surface area contributed by atoms with Crippen molar-refractivity contribution in [3.05, 3.63) is 0 Å². The normalized spacial score (nSPS) is 12.6. The number of nitrogens with one attached hydrogen (secondary N) is 1. The molecule has 0 saturated heterocycles. The van der Waals surface area contributed by atoms with Crippen LogP contribution in [-0.2, 0) is 0 Å². The lowest BCUT2D eigenvalue weighted by atomic mass is 9.82. The molecule has 20 heavy (non-hydrogen) atoms. The first kappa shape index (κ1) is 16.5. The smallest absolute Gasteiger partial charge is 0.323 e. The molecule has 0 atom stereocenters. The fraction of sp³-hybridized carbons (Fsp3) is 0.786. The zero-order chi connectivity index (χ0) is 15.6. The predicted molar refractivity (Wildman–Crippen MR) is 81.8 cm³/mol. The van der Waals surface area contributed by atoms with Gasteiger partial charge in [-0.25, -0.2) is 0 Å². The van der Waals surface area contributed by atoms with Gasteiger partial charge in [0.05, 0.1) is 6.10 Å². The van der Waals surface area contributed by atoms with E-state index in [1.54, 1.807) is 0 Å². The molecule has 0 bridgehead atoms. The third-order valence-corrected chi connectivity index (χ3v) is 2.40. The summed E-state index contributed by atoms with van der Waals surface area (Å²) in [6, 6.07) is 0.251. The summed E-state index contributed by atoms with van der Waals surface area (Å²) in [6.45, 7) is 14.7. The predicted octanol–water partition coefficient (Wildman–Crippen LogP) is 2.87. The van der Waals surface area contributed by atoms with Gasteiger partial charge in [-0.15, -0.1) is 0 Å². The summed E-state index contributed by atoms with van der Waals surface area (Å²) >= 11 is 0. The lowest BCUT2D eigenvalue weighted by Crippen LogP contribution is -2.36. The van der Waals surface area contributed by atoms with E-state index in [1.165, 1.54) is 0 Å². The first-order valence-corrected chi connectivity index (χ1v) is 6.93. The Bertz CT molecular complexity index is 451. The lowest BCUT2D eigenvalue weighted by Gasteiger charge is -2.33. The SMILES string of the molecule is CC(C)Oc1nc(N)nc(NC(C)(C)CC(C)(C)C)n1. The molecule has 0 amide bonds. The molecular formula is C14H27N5O. The highest BCUT2D eigenvalue weighted by molar-refractivity contribution is 5.35. The highest BCUT2D eigenvalue weighted by Crippen LogP contribution is 2.29. The standard InChI is InChI=1S/C14H27N5O/c1-9(2)20-12-17-10(15)16-11(18-12)19-14(6,7)8-13(3,4)5/h9H,8H2,1-7H3,(H3,15,16,17,18,19). The number of aromatic nitrogens is 3. The Kier molecular flexibility index (Phi) is 4.78. The molecule has 1 aromatic rings. The molecule has 0 saturated carbocycles. The molecule has 6 heteroatoms. The van der Waals surface area contributed by atoms with Gasteiger partial charge >= 0.3 is 6.01 Å². The average molecular weight is 281 g/mol. The van der Waals surface area contributed by atoms with Crippen molar-refractivity contribution in [3.63, 3.8) is 0 Å². The maximum atomic E-state index is 5.70. The largest absolute Gasteiger partial charge is 0.461 e. The first-order chi connectivity index (χ1) is 8.97. The maximum absolute atomic E-state index is 5.70. The van der Waals surface area contributed by atoms with E-state index in [2.05, 4.69) is 54.9 Å². The molecule has 0 fully saturated rings. The topological polar surface area (TPSA) is 86.0 Å². The van der Waals surface area contributed by atoms with Crippen LogP contribution in [0.3, 0.4) is 0 Å². The number of ether oxygens (including phenoxy) is 1. The second-order valence-electron chi connectivity index (χ2n) is 7.21. The van der Waals surface area contributed by atoms with Crippen LogP contribution in [0.4, 0.5) is 11.9 Å². The monoisotopic (exact) mass is 281 g/mol. The minimum atomic E-state index is -0.152. The summed E-state index contributed by atoms with van der Waals surface area (Å²) in [6.07, 6.45) is 0.957. The zero-order valence-electron chi connectivity index (χ0n) is 13.6. The molecule has 0 aliphatic carbocycles. The molecule has 0 aromatic carbocycles. The first-order valence-electron chi connectivity index (χ1n) is 6.93. The van der Waals surface area contributed by atoms with Crippen LogP contribution < -0.4 is 15.8 Å². The number of nitrogen functional groups attached to an aromatic ring is 1. The van der Waals surface area contributed by atoms with E-state index in [-0.39, 0.29) is 29.0 Å². The second kappa shape index (κ2) is 5.81. The van der Waals surface area contributed by atoms with Crippen LogP contribution in [-0.4, -0.2) is 26.6 Å². The summed E-state index contributed by atoms with van der Waals surface area (Å²) in [4.78, 5) is 12.3. The molecule has 0 aliphatic heterocycles. The Balaban J connectivity index is 2.88. The van der Waals surface area contributed by atoms with Crippen LogP contribution in [0, 0.1) is 5.41 Å². The number of hydrogen-bond acceptors (Lipinski definition) is 6. The van der Waals surface area contributed by atoms with Crippen LogP contribution in [0.25, 0.3) is 0 Å². The molecule has 1 heterocycles. The van der Waals surface area contributed by atoms with Gasteiger partial charge in [-0.2, -0.15) is 15.0 Å². The Labute approximate surface area is 121 Å². The molecule has 0 radical (unpaired) electrons. The Morgan fingerprint density at radius 2 is 1.70 bits per heavy atom. The third-order valence-electron chi connectivity index (χ3n) is 2.40. The molecule has 0 aliphatic rings. The summed E-state index contributed by atoms with van der Waals surface area (Å²) in [7, 11) is 0. The van der Waals surface area contributed by atoms with Gasteiger partial charge < -0.3 is 15.8 Å². The van der Waals surface area contributed by atoms with Crippen molar-refractivity contribution in [1.29, 1.82) is 0 Å². The van der Waals surface area contributed by atoms with Gasteiger partial charge in [0.1, 0.15) is 0 Å². The number of anilines is 2. The van der Waals surface area contributed by atoms with Gasteiger partial charge in [0, 0.05) is 5.54 Å². The summed E-state index contributed by atoms with van der Waals surface area (Å²) in [5.41, 5.74) is 5.75. The van der Waals surface area contributed by atoms with E-state index in [1.807, 2.05) is 13.8 Å². The van der Waals surface area contributed by atoms with Crippen molar-refractivity contribution in [2.45, 2.75) is 66.5 Å². The number of rotatable bonds is 5. The van der Waals surface area contributed by atoms with E-state index in [0.29, 0.717) is 5.95 Å². The zero-order valence-corrected chi connectivity index (χ0v) is 13.6. The minimum absolute atomic E-state index is 0.00719. The molecule has 3 N–H and O–H groups in total. The Hall–Kier alpha value is -1.59. The fourth-order valence-electron chi connectivity index (χ4n) is 2.36. The van der Waals surface area contributed by atoms with Crippen LogP contribution >= 0.6 is 0 Å². The van der Waals surface area contributed by atoms with Gasteiger partial charge in [0.2, 0.25) is 11.9 Å². The third kappa shape index (κ3) is 6.04. The van der Waals surface area contributed by atoms with E-state index < -0.39 is 0 Å². The number of hydrogen-bond donors (Lipinski definition) is 2. The van der Waals surface area contributed by atoms with E-state index in [4.69, 9.17) is 10.5 Å². The Morgan fingerprint density at radius 3 is 2.20 bits per heavy atom. The average Bonchev–Trinajstić information content (AvgIpc) is 2.08. The van der Waals surface area contributed by atoms with Crippen molar-refractivity contribution < 1.29 is 4.74 Å². The number of nitrogens with zero attached hydrogens (tertiary/aromatic N) is 3. The minimum Gasteiger partial charge on any atom is -0.461 e. The van der Waals surface area contributed by atoms with E-state index in [0.717, 1.165) is 6.42 Å². The summed E-state index contributed by atoms with van der Waals surface area (Å²) in [5.74, 6) is 0.604. The van der Waals surface area contributed by atoms with E-state index in [9.17, 15) is 0 Å². The summed E-state index contributed by atoms with van der Waals surface area (Å²) < 4.78 is 5.47. The molecule has 0 spiro atoms. The van der Waals surface area contributed by atoms with Crippen LogP contribution in [0.5, 0.6) is 6.01 Å². The molecule has 1 rings (SSSR count). The van der Waals surface area contributed by atoms with Gasteiger partial charge in [-0.3, -0.25) is 0 Å². The van der Waals surface area contributed by atoms with Gasteiger partial charge in [0.25, 0.3) is 0 Å². The van der Waals surface area contributed by atoms with Crippen molar-refractivity contribution in [3.8, 4) is 6.01 Å². The lowest BCUT2D eigenvalue weighted by molar-refractivity contribution is 0.222. The van der Waals surface area contributed by atoms with Crippen LogP contribution in [0.2, 0.25) is 0 Å². The number of nitrogens with two attached hydrogens (primary N) is 1. The maximum Gasteiger partial charge on any atom is 0.323 e. The quantitative estimate of drug-likeness (QED) is 0.863. The fourth-order valence-corrected chi connectivity index (χ4v) is 2.36. The summed E-state index contributed by atoms with van der Waals surface area (Å²) in [5, 5.41) is 3.31. The molecule has 0 unspecified atom stereocenters. The van der Waals surface area contributed by atoms with Gasteiger partial charge in [-0.05, 0) is 39.5 Å². The van der Waals surface area contributed by atoms with Gasteiger partial charge in [0.15, 0.2) is 0 Å². The molecular weight excluding hydrogens is 254 g/mol. The van der Waals surface area contributed by atoms with E-state index >= 15 is 0 Å². The van der Waals surface area contributed by atoms with Crippen molar-refractivity contribution >= 4 is 11.9 Å². The van der Waals surface area contributed by atoms with Gasteiger partial charge in [-0.1, -0.05) is 20.8 Å². The van der Waals surface area contributed by atoms with Crippen molar-refractivity contribution in [1.82, 2.24) is 15.0 Å². The molecule has 1 aromatic heterocycles. The van der Waals surface area contributed by atoms with Crippen molar-refractivity contribution in [2.24, 2.45) is 5.41 Å². The molecule has 114 valence electrons. The highest BCUT2D eigenvalue weighted by Gasteiger charge is 2.26. The second-order valence-corrected chi connectivity index (χ2v) is 7.21. The molecule has 6 nitrogen and oxygen atoms in total. The van der Waals surface area contributed by atoms with Crippen LogP contribution in [0.15, 0.2) is 0 Å². The van der Waals surface area contributed by atoms with Crippen molar-refractivity contribution in [2.75, 3.05) is 11.1 Å².